The second-order valence-corrected chi connectivity index (χ2v) is 5.89. The number of carbonyl (C=O) groups is 1. The van der Waals surface area contributed by atoms with Crippen LogP contribution in [-0.2, 0) is 11.2 Å². The molecule has 0 saturated heterocycles. The maximum absolute atomic E-state index is 13.2. The fraction of sp³-hybridized carbons (Fsp3) is 0.188. The summed E-state index contributed by atoms with van der Waals surface area (Å²) in [6, 6.07) is 11.1. The molecule has 0 N–H and O–H groups in total. The van der Waals surface area contributed by atoms with Crippen molar-refractivity contribution in [3.63, 3.8) is 0 Å². The number of halogens is 3. The molecule has 0 aliphatic rings. The van der Waals surface area contributed by atoms with Gasteiger partial charge in [0.05, 0.1) is 0 Å². The summed E-state index contributed by atoms with van der Waals surface area (Å²) in [7, 11) is 0. The van der Waals surface area contributed by atoms with E-state index in [1.54, 1.807) is 37.3 Å². The predicted molar refractivity (Wildman–Crippen MR) is 84.4 cm³/mol. The van der Waals surface area contributed by atoms with Gasteiger partial charge in [0.2, 0.25) is 0 Å². The van der Waals surface area contributed by atoms with Gasteiger partial charge < -0.3 is 4.74 Å². The number of hydrogen-bond donors (Lipinski definition) is 0. The molecule has 2 rings (SSSR count). The van der Waals surface area contributed by atoms with Crippen molar-refractivity contribution in [3.05, 3.63) is 63.3 Å². The molecule has 0 aliphatic carbocycles. The summed E-state index contributed by atoms with van der Waals surface area (Å²) in [6.45, 7) is 1.66. The highest BCUT2D eigenvalue weighted by Gasteiger charge is 2.17. The van der Waals surface area contributed by atoms with E-state index in [4.69, 9.17) is 16.3 Å². The van der Waals surface area contributed by atoms with Gasteiger partial charge in [-0.15, -0.1) is 0 Å². The molecule has 2 aromatic rings. The Kier molecular flexibility index (Phi) is 5.37. The average molecular weight is 372 g/mol. The van der Waals surface area contributed by atoms with Gasteiger partial charge in [-0.3, -0.25) is 4.79 Å². The first-order chi connectivity index (χ1) is 9.95. The molecule has 1 unspecified atom stereocenters. The maximum atomic E-state index is 13.2. The number of ether oxygens (including phenoxy) is 1. The average Bonchev–Trinajstić information content (AvgIpc) is 2.43. The Morgan fingerprint density at radius 3 is 2.81 bits per heavy atom. The fourth-order valence-corrected chi connectivity index (χ4v) is 2.39. The van der Waals surface area contributed by atoms with Crippen molar-refractivity contribution in [3.8, 4) is 5.75 Å². The Morgan fingerprint density at radius 2 is 2.10 bits per heavy atom. The Labute approximate surface area is 136 Å². The first-order valence-corrected chi connectivity index (χ1v) is 7.51. The third-order valence-corrected chi connectivity index (χ3v) is 3.94. The highest BCUT2D eigenvalue weighted by molar-refractivity contribution is 9.10. The third-order valence-electron chi connectivity index (χ3n) is 2.93. The predicted octanol–water partition coefficient (Wildman–Crippen LogP) is 4.82. The van der Waals surface area contributed by atoms with E-state index in [2.05, 4.69) is 15.9 Å². The van der Waals surface area contributed by atoms with E-state index >= 15 is 0 Å². The van der Waals surface area contributed by atoms with Crippen molar-refractivity contribution in [2.75, 3.05) is 0 Å². The molecule has 0 heterocycles. The van der Waals surface area contributed by atoms with E-state index in [0.717, 1.165) is 0 Å². The van der Waals surface area contributed by atoms with Crippen LogP contribution in [0, 0.1) is 5.82 Å². The second-order valence-electron chi connectivity index (χ2n) is 4.60. The molecule has 2 nitrogen and oxygen atoms in total. The SMILES string of the molecule is CC(Oc1cccc(Cl)c1)C(=O)Cc1cc(F)ccc1Br. The molecule has 5 heteroatoms. The van der Waals surface area contributed by atoms with Crippen LogP contribution >= 0.6 is 27.5 Å². The molecule has 0 saturated carbocycles. The Morgan fingerprint density at radius 1 is 1.33 bits per heavy atom. The highest BCUT2D eigenvalue weighted by Crippen LogP contribution is 2.21. The molecule has 0 aromatic heterocycles. The normalized spacial score (nSPS) is 12.0. The van der Waals surface area contributed by atoms with Gasteiger partial charge in [0.1, 0.15) is 11.6 Å². The van der Waals surface area contributed by atoms with Crippen LogP contribution in [0.1, 0.15) is 12.5 Å². The van der Waals surface area contributed by atoms with Crippen LogP contribution in [0.15, 0.2) is 46.9 Å². The molecular weight excluding hydrogens is 359 g/mol. The van der Waals surface area contributed by atoms with Crippen molar-refractivity contribution in [2.45, 2.75) is 19.4 Å². The summed E-state index contributed by atoms with van der Waals surface area (Å²) in [5.41, 5.74) is 0.599. The summed E-state index contributed by atoms with van der Waals surface area (Å²) < 4.78 is 19.5. The number of rotatable bonds is 5. The van der Waals surface area contributed by atoms with Crippen LogP contribution in [0.25, 0.3) is 0 Å². The third kappa shape index (κ3) is 4.55. The Balaban J connectivity index is 2.04. The van der Waals surface area contributed by atoms with Gasteiger partial charge in [-0.1, -0.05) is 33.6 Å². The second kappa shape index (κ2) is 7.05. The Hall–Kier alpha value is -1.39. The van der Waals surface area contributed by atoms with Gasteiger partial charge >= 0.3 is 0 Å². The van der Waals surface area contributed by atoms with Crippen molar-refractivity contribution >= 4 is 33.3 Å². The highest BCUT2D eigenvalue weighted by atomic mass is 79.9. The summed E-state index contributed by atoms with van der Waals surface area (Å²) in [6.07, 6.45) is -0.543. The van der Waals surface area contributed by atoms with Gasteiger partial charge in [0.25, 0.3) is 0 Å². The number of Topliss-reactive ketones (excluding diaryl/α,β-unsaturated/α-hetero) is 1. The first-order valence-electron chi connectivity index (χ1n) is 6.34. The zero-order valence-corrected chi connectivity index (χ0v) is 13.6. The quantitative estimate of drug-likeness (QED) is 0.753. The van der Waals surface area contributed by atoms with Crippen LogP contribution in [0.5, 0.6) is 5.75 Å². The van der Waals surface area contributed by atoms with Crippen LogP contribution in [0.3, 0.4) is 0 Å². The summed E-state index contributed by atoms with van der Waals surface area (Å²) in [5, 5.41) is 0.542. The van der Waals surface area contributed by atoms with E-state index < -0.39 is 6.10 Å². The van der Waals surface area contributed by atoms with Gasteiger partial charge in [-0.05, 0) is 48.9 Å². The minimum absolute atomic E-state index is 0.0973. The summed E-state index contributed by atoms with van der Waals surface area (Å²) in [4.78, 5) is 12.2. The molecule has 0 spiro atoms. The molecule has 0 bridgehead atoms. The maximum Gasteiger partial charge on any atom is 0.177 e. The number of benzene rings is 2. The smallest absolute Gasteiger partial charge is 0.177 e. The van der Waals surface area contributed by atoms with E-state index in [1.807, 2.05) is 0 Å². The first kappa shape index (κ1) is 16.0. The largest absolute Gasteiger partial charge is 0.483 e. The minimum atomic E-state index is -0.640. The van der Waals surface area contributed by atoms with Gasteiger partial charge in [0.15, 0.2) is 11.9 Å². The molecule has 0 aliphatic heterocycles. The van der Waals surface area contributed by atoms with E-state index in [9.17, 15) is 9.18 Å². The number of ketones is 1. The fourth-order valence-electron chi connectivity index (χ4n) is 1.82. The number of hydrogen-bond acceptors (Lipinski definition) is 2. The standard InChI is InChI=1S/C16H13BrClFO2/c1-10(21-14-4-2-3-12(18)9-14)16(20)8-11-7-13(19)5-6-15(11)17/h2-7,9-10H,8H2,1H3. The van der Waals surface area contributed by atoms with Crippen molar-refractivity contribution in [1.29, 1.82) is 0 Å². The van der Waals surface area contributed by atoms with Crippen molar-refractivity contribution in [2.24, 2.45) is 0 Å². The molecule has 2 aromatic carbocycles. The minimum Gasteiger partial charge on any atom is -0.483 e. The van der Waals surface area contributed by atoms with Gasteiger partial charge in [0, 0.05) is 15.9 Å². The van der Waals surface area contributed by atoms with Gasteiger partial charge in [-0.2, -0.15) is 0 Å². The van der Waals surface area contributed by atoms with Crippen LogP contribution in [-0.4, -0.2) is 11.9 Å². The van der Waals surface area contributed by atoms with Crippen LogP contribution in [0.4, 0.5) is 4.39 Å². The molecule has 0 radical (unpaired) electrons. The monoisotopic (exact) mass is 370 g/mol. The zero-order valence-electron chi connectivity index (χ0n) is 11.3. The molecule has 110 valence electrons. The lowest BCUT2D eigenvalue weighted by atomic mass is 10.1. The van der Waals surface area contributed by atoms with Gasteiger partial charge in [-0.25, -0.2) is 4.39 Å². The van der Waals surface area contributed by atoms with E-state index in [-0.39, 0.29) is 18.0 Å². The van der Waals surface area contributed by atoms with Crippen molar-refractivity contribution < 1.29 is 13.9 Å². The summed E-state index contributed by atoms with van der Waals surface area (Å²) in [5.74, 6) is 0.0207. The summed E-state index contributed by atoms with van der Waals surface area (Å²) >= 11 is 9.17. The van der Waals surface area contributed by atoms with E-state index in [0.29, 0.717) is 20.8 Å². The van der Waals surface area contributed by atoms with E-state index in [1.165, 1.54) is 12.1 Å². The molecule has 1 atom stereocenters. The Bertz CT molecular complexity index is 660. The van der Waals surface area contributed by atoms with Crippen molar-refractivity contribution in [1.82, 2.24) is 0 Å². The number of carbonyl (C=O) groups excluding carboxylic acids is 1. The molecule has 0 fully saturated rings. The molecule has 0 amide bonds. The topological polar surface area (TPSA) is 26.3 Å². The van der Waals surface area contributed by atoms with Crippen LogP contribution < -0.4 is 4.74 Å². The molecule has 21 heavy (non-hydrogen) atoms. The lowest BCUT2D eigenvalue weighted by molar-refractivity contribution is -0.124. The van der Waals surface area contributed by atoms with Crippen LogP contribution in [0.2, 0.25) is 5.02 Å². The zero-order chi connectivity index (χ0) is 15.4. The molecular formula is C16H13BrClFO2. The lowest BCUT2D eigenvalue weighted by Gasteiger charge is -2.14. The lowest BCUT2D eigenvalue weighted by Crippen LogP contribution is -2.25.